The Morgan fingerprint density at radius 2 is 1.95 bits per heavy atom. The van der Waals surface area contributed by atoms with E-state index < -0.39 is 10.0 Å². The molecule has 1 aromatic rings. The van der Waals surface area contributed by atoms with Gasteiger partial charge in [-0.1, -0.05) is 0 Å². The molecular weight excluding hydrogens is 302 g/mol. The van der Waals surface area contributed by atoms with Gasteiger partial charge in [0.25, 0.3) is 0 Å². The molecular formula is C12H18ClN3O3S. The zero-order chi connectivity index (χ0) is 14.0. The number of benzene rings is 1. The minimum atomic E-state index is -3.48. The second-order valence-corrected chi connectivity index (χ2v) is 6.56. The smallest absolute Gasteiger partial charge is 0.243 e. The molecule has 6 nitrogen and oxygen atoms in total. The number of halogens is 1. The molecule has 0 radical (unpaired) electrons. The second-order valence-electron chi connectivity index (χ2n) is 4.62. The molecule has 1 amide bonds. The van der Waals surface area contributed by atoms with Crippen molar-refractivity contribution in [3.63, 3.8) is 0 Å². The molecule has 1 aliphatic heterocycles. The molecule has 0 bridgehead atoms. The molecule has 20 heavy (non-hydrogen) atoms. The van der Waals surface area contributed by atoms with Gasteiger partial charge in [-0.2, -0.15) is 4.31 Å². The lowest BCUT2D eigenvalue weighted by Gasteiger charge is -2.16. The van der Waals surface area contributed by atoms with Gasteiger partial charge in [0, 0.05) is 31.7 Å². The number of carbonyl (C=O) groups is 1. The lowest BCUT2D eigenvalue weighted by molar-refractivity contribution is -0.114. The first-order valence-corrected chi connectivity index (χ1v) is 7.47. The number of rotatable bonds is 3. The summed E-state index contributed by atoms with van der Waals surface area (Å²) in [5.74, 6) is -0.193. The summed E-state index contributed by atoms with van der Waals surface area (Å²) in [6.07, 6.45) is 0.684. The number of nitrogens with two attached hydrogens (primary N) is 1. The predicted molar refractivity (Wildman–Crippen MR) is 79.3 cm³/mol. The number of anilines is 1. The molecule has 1 aromatic carbocycles. The van der Waals surface area contributed by atoms with Crippen LogP contribution in [0.3, 0.4) is 0 Å². The minimum absolute atomic E-state index is 0. The zero-order valence-corrected chi connectivity index (χ0v) is 12.7. The maximum atomic E-state index is 12.3. The van der Waals surface area contributed by atoms with Crippen molar-refractivity contribution in [2.45, 2.75) is 24.3 Å². The standard InChI is InChI=1S/C12H17N3O3S.ClH/c1-9(16)14-11-2-4-12(5-3-11)19(17,18)15-7-6-10(13)8-15;/h2-5,10H,6-8,13H2,1H3,(H,14,16);1H/t10-;/m1./s1. The first-order valence-electron chi connectivity index (χ1n) is 6.03. The molecule has 1 aliphatic rings. The van der Waals surface area contributed by atoms with Crippen LogP contribution in [0.2, 0.25) is 0 Å². The highest BCUT2D eigenvalue weighted by Gasteiger charge is 2.30. The first-order chi connectivity index (χ1) is 8.89. The van der Waals surface area contributed by atoms with Crippen molar-refractivity contribution < 1.29 is 13.2 Å². The fourth-order valence-corrected chi connectivity index (χ4v) is 3.55. The van der Waals surface area contributed by atoms with Gasteiger partial charge in [0.1, 0.15) is 0 Å². The van der Waals surface area contributed by atoms with Crippen molar-refractivity contribution in [1.29, 1.82) is 0 Å². The lowest BCUT2D eigenvalue weighted by Crippen LogP contribution is -2.31. The van der Waals surface area contributed by atoms with Gasteiger partial charge in [-0.15, -0.1) is 12.4 Å². The Labute approximate surface area is 124 Å². The van der Waals surface area contributed by atoms with Gasteiger partial charge >= 0.3 is 0 Å². The van der Waals surface area contributed by atoms with Crippen LogP contribution in [0, 0.1) is 0 Å². The molecule has 1 saturated heterocycles. The van der Waals surface area contributed by atoms with Crippen molar-refractivity contribution >= 4 is 34.0 Å². The third-order valence-corrected chi connectivity index (χ3v) is 4.88. The topological polar surface area (TPSA) is 92.5 Å². The van der Waals surface area contributed by atoms with Crippen LogP contribution in [-0.4, -0.2) is 37.8 Å². The number of nitrogens with one attached hydrogen (secondary N) is 1. The second kappa shape index (κ2) is 6.53. The average molecular weight is 320 g/mol. The monoisotopic (exact) mass is 319 g/mol. The fraction of sp³-hybridized carbons (Fsp3) is 0.417. The summed E-state index contributed by atoms with van der Waals surface area (Å²) in [6, 6.07) is 6.04. The Bertz CT molecular complexity index is 574. The fourth-order valence-electron chi connectivity index (χ4n) is 2.03. The number of hydrogen-bond donors (Lipinski definition) is 2. The maximum absolute atomic E-state index is 12.3. The number of hydrogen-bond acceptors (Lipinski definition) is 4. The van der Waals surface area contributed by atoms with Gasteiger partial charge in [0.2, 0.25) is 15.9 Å². The van der Waals surface area contributed by atoms with Crippen LogP contribution >= 0.6 is 12.4 Å². The van der Waals surface area contributed by atoms with Crippen LogP contribution in [0.1, 0.15) is 13.3 Å². The van der Waals surface area contributed by atoms with Crippen LogP contribution in [0.25, 0.3) is 0 Å². The molecule has 0 saturated carbocycles. The molecule has 2 rings (SSSR count). The van der Waals surface area contributed by atoms with Crippen molar-refractivity contribution in [2.24, 2.45) is 5.73 Å². The summed E-state index contributed by atoms with van der Waals surface area (Å²) in [5, 5.41) is 2.59. The summed E-state index contributed by atoms with van der Waals surface area (Å²) in [4.78, 5) is 11.1. The normalized spacial score (nSPS) is 19.4. The van der Waals surface area contributed by atoms with E-state index in [9.17, 15) is 13.2 Å². The Morgan fingerprint density at radius 1 is 1.35 bits per heavy atom. The maximum Gasteiger partial charge on any atom is 0.243 e. The van der Waals surface area contributed by atoms with E-state index in [1.807, 2.05) is 0 Å². The highest BCUT2D eigenvalue weighted by Crippen LogP contribution is 2.21. The van der Waals surface area contributed by atoms with Gasteiger partial charge in [0.15, 0.2) is 0 Å². The van der Waals surface area contributed by atoms with Gasteiger partial charge in [-0.05, 0) is 30.7 Å². The number of amides is 1. The van der Waals surface area contributed by atoms with Crippen molar-refractivity contribution in [1.82, 2.24) is 4.31 Å². The number of carbonyl (C=O) groups excluding carboxylic acids is 1. The third kappa shape index (κ3) is 3.69. The van der Waals surface area contributed by atoms with E-state index in [2.05, 4.69) is 5.32 Å². The van der Waals surface area contributed by atoms with Gasteiger partial charge in [0.05, 0.1) is 4.90 Å². The number of sulfonamides is 1. The SMILES string of the molecule is CC(=O)Nc1ccc(S(=O)(=O)N2CC[C@@H](N)C2)cc1.Cl. The van der Waals surface area contributed by atoms with Crippen LogP contribution in [0.15, 0.2) is 29.2 Å². The third-order valence-electron chi connectivity index (χ3n) is 3.00. The molecule has 0 spiro atoms. The van der Waals surface area contributed by atoms with Gasteiger partial charge in [-0.3, -0.25) is 4.79 Å². The van der Waals surface area contributed by atoms with E-state index in [4.69, 9.17) is 5.73 Å². The average Bonchev–Trinajstić information content (AvgIpc) is 2.76. The van der Waals surface area contributed by atoms with E-state index in [1.165, 1.54) is 23.4 Å². The Morgan fingerprint density at radius 3 is 2.40 bits per heavy atom. The molecule has 112 valence electrons. The summed E-state index contributed by atoms with van der Waals surface area (Å²) >= 11 is 0. The molecule has 0 aliphatic carbocycles. The van der Waals surface area contributed by atoms with Crippen LogP contribution in [0.5, 0.6) is 0 Å². The Hall–Kier alpha value is -1.15. The van der Waals surface area contributed by atoms with Crippen molar-refractivity contribution in [3.05, 3.63) is 24.3 Å². The zero-order valence-electron chi connectivity index (χ0n) is 11.1. The molecule has 0 unspecified atom stereocenters. The summed E-state index contributed by atoms with van der Waals surface area (Å²) in [5.41, 5.74) is 6.30. The minimum Gasteiger partial charge on any atom is -0.326 e. The molecule has 8 heteroatoms. The van der Waals surface area contributed by atoms with Gasteiger partial charge in [-0.25, -0.2) is 8.42 Å². The molecule has 3 N–H and O–H groups in total. The van der Waals surface area contributed by atoms with Gasteiger partial charge < -0.3 is 11.1 Å². The molecule has 1 fully saturated rings. The van der Waals surface area contributed by atoms with E-state index in [-0.39, 0.29) is 29.3 Å². The van der Waals surface area contributed by atoms with E-state index in [1.54, 1.807) is 12.1 Å². The van der Waals surface area contributed by atoms with Crippen LogP contribution < -0.4 is 11.1 Å². The predicted octanol–water partition coefficient (Wildman–Crippen LogP) is 0.788. The highest BCUT2D eigenvalue weighted by molar-refractivity contribution is 7.89. The summed E-state index contributed by atoms with van der Waals surface area (Å²) in [7, 11) is -3.48. The summed E-state index contributed by atoms with van der Waals surface area (Å²) in [6.45, 7) is 2.21. The molecule has 1 heterocycles. The van der Waals surface area contributed by atoms with E-state index in [0.717, 1.165) is 0 Å². The van der Waals surface area contributed by atoms with Crippen molar-refractivity contribution in [2.75, 3.05) is 18.4 Å². The van der Waals surface area contributed by atoms with Crippen molar-refractivity contribution in [3.8, 4) is 0 Å². The Balaban J connectivity index is 0.00000200. The number of nitrogens with zero attached hydrogens (tertiary/aromatic N) is 1. The molecule has 0 aromatic heterocycles. The lowest BCUT2D eigenvalue weighted by atomic mass is 10.3. The van der Waals surface area contributed by atoms with Crippen LogP contribution in [0.4, 0.5) is 5.69 Å². The van der Waals surface area contributed by atoms with E-state index >= 15 is 0 Å². The van der Waals surface area contributed by atoms with Crippen LogP contribution in [-0.2, 0) is 14.8 Å². The largest absolute Gasteiger partial charge is 0.326 e. The molecule has 1 atom stereocenters. The van der Waals surface area contributed by atoms with E-state index in [0.29, 0.717) is 25.2 Å². The summed E-state index contributed by atoms with van der Waals surface area (Å²) < 4.78 is 26.0. The first kappa shape index (κ1) is 16.9. The highest BCUT2D eigenvalue weighted by atomic mass is 35.5. The Kier molecular flexibility index (Phi) is 5.52. The quantitative estimate of drug-likeness (QED) is 0.861.